The van der Waals surface area contributed by atoms with Gasteiger partial charge in [0.25, 0.3) is 0 Å². The van der Waals surface area contributed by atoms with Crippen LogP contribution in [-0.2, 0) is 9.53 Å². The van der Waals surface area contributed by atoms with Gasteiger partial charge in [0.1, 0.15) is 0 Å². The van der Waals surface area contributed by atoms with E-state index >= 15 is 0 Å². The lowest BCUT2D eigenvalue weighted by Gasteiger charge is -2.30. The predicted molar refractivity (Wildman–Crippen MR) is 84.3 cm³/mol. The van der Waals surface area contributed by atoms with Crippen molar-refractivity contribution in [1.29, 1.82) is 0 Å². The smallest absolute Gasteiger partial charge is 0.221 e. The van der Waals surface area contributed by atoms with Crippen molar-refractivity contribution < 1.29 is 9.53 Å². The van der Waals surface area contributed by atoms with Crippen molar-refractivity contribution in [2.75, 3.05) is 32.6 Å². The number of carbonyl (C=O) groups excluding carboxylic acids is 1. The lowest BCUT2D eigenvalue weighted by atomic mass is 10.0. The molecule has 1 aliphatic rings. The summed E-state index contributed by atoms with van der Waals surface area (Å²) in [5, 5.41) is 6.37. The summed E-state index contributed by atoms with van der Waals surface area (Å²) in [6.45, 7) is 7.36. The number of nitrogens with one attached hydrogen (secondary N) is 2. The molecule has 1 amide bonds. The molecule has 0 aliphatic carbocycles. The van der Waals surface area contributed by atoms with Crippen LogP contribution in [0.3, 0.4) is 0 Å². The predicted octanol–water partition coefficient (Wildman–Crippen LogP) is 1.82. The van der Waals surface area contributed by atoms with E-state index < -0.39 is 0 Å². The Bertz CT molecular complexity index is 249. The fourth-order valence-corrected chi connectivity index (χ4v) is 2.96. The van der Waals surface area contributed by atoms with E-state index in [1.807, 2.05) is 11.8 Å². The van der Waals surface area contributed by atoms with Crippen molar-refractivity contribution in [3.05, 3.63) is 0 Å². The number of hydrogen-bond acceptors (Lipinski definition) is 4. The highest BCUT2D eigenvalue weighted by atomic mass is 35.5. The first kappa shape index (κ1) is 19.0. The molecule has 6 heteroatoms. The summed E-state index contributed by atoms with van der Waals surface area (Å²) >= 11 is 1.85. The van der Waals surface area contributed by atoms with Gasteiger partial charge in [-0.25, -0.2) is 0 Å². The van der Waals surface area contributed by atoms with Crippen molar-refractivity contribution >= 4 is 30.1 Å². The molecule has 0 aromatic rings. The summed E-state index contributed by atoms with van der Waals surface area (Å²) < 4.78 is 5.53. The van der Waals surface area contributed by atoms with E-state index in [4.69, 9.17) is 4.74 Å². The Morgan fingerprint density at radius 1 is 1.47 bits per heavy atom. The fourth-order valence-electron chi connectivity index (χ4n) is 2.17. The molecule has 19 heavy (non-hydrogen) atoms. The number of thioether (sulfide) groups is 1. The third kappa shape index (κ3) is 6.34. The van der Waals surface area contributed by atoms with E-state index in [1.165, 1.54) is 0 Å². The zero-order chi connectivity index (χ0) is 13.4. The fraction of sp³-hybridized carbons (Fsp3) is 0.923. The Labute approximate surface area is 127 Å². The number of carbonyl (C=O) groups is 1. The van der Waals surface area contributed by atoms with Crippen LogP contribution in [0.2, 0.25) is 0 Å². The average Bonchev–Trinajstić information content (AvgIpc) is 2.42. The molecule has 0 aromatic carbocycles. The molecule has 0 spiro atoms. The molecule has 1 heterocycles. The molecular weight excluding hydrogens is 284 g/mol. The highest BCUT2D eigenvalue weighted by Gasteiger charge is 2.26. The van der Waals surface area contributed by atoms with Gasteiger partial charge in [-0.2, -0.15) is 11.8 Å². The Hall–Kier alpha value is 0.0300. The van der Waals surface area contributed by atoms with Gasteiger partial charge in [-0.05, 0) is 19.1 Å². The van der Waals surface area contributed by atoms with E-state index in [0.29, 0.717) is 13.0 Å². The van der Waals surface area contributed by atoms with Crippen LogP contribution < -0.4 is 10.6 Å². The lowest BCUT2D eigenvalue weighted by Crippen LogP contribution is -2.46. The average molecular weight is 311 g/mol. The number of amides is 1. The Morgan fingerprint density at radius 2 is 2.16 bits per heavy atom. The van der Waals surface area contributed by atoms with Gasteiger partial charge in [-0.15, -0.1) is 12.4 Å². The minimum absolute atomic E-state index is 0. The minimum atomic E-state index is 0. The number of morpholine rings is 1. The van der Waals surface area contributed by atoms with E-state index in [9.17, 15) is 4.79 Å². The van der Waals surface area contributed by atoms with Gasteiger partial charge in [-0.3, -0.25) is 4.79 Å². The zero-order valence-electron chi connectivity index (χ0n) is 12.2. The second-order valence-corrected chi connectivity index (χ2v) is 6.08. The van der Waals surface area contributed by atoms with E-state index in [2.05, 4.69) is 30.7 Å². The van der Waals surface area contributed by atoms with Crippen LogP contribution in [0.4, 0.5) is 0 Å². The molecule has 1 aliphatic heterocycles. The van der Waals surface area contributed by atoms with Gasteiger partial charge < -0.3 is 15.4 Å². The van der Waals surface area contributed by atoms with Gasteiger partial charge in [0.2, 0.25) is 5.91 Å². The van der Waals surface area contributed by atoms with Crippen molar-refractivity contribution in [2.45, 2.75) is 43.9 Å². The largest absolute Gasteiger partial charge is 0.378 e. The number of ether oxygens (including phenoxy) is 1. The minimum Gasteiger partial charge on any atom is -0.378 e. The van der Waals surface area contributed by atoms with Gasteiger partial charge in [0.15, 0.2) is 0 Å². The third-order valence-electron chi connectivity index (χ3n) is 3.76. The van der Waals surface area contributed by atoms with Crippen LogP contribution in [0.25, 0.3) is 0 Å². The van der Waals surface area contributed by atoms with Crippen LogP contribution in [-0.4, -0.2) is 49.3 Å². The SMILES string of the molecule is CCC(CC)(CNC(=O)CC1COCCN1)SC.Cl. The molecule has 2 N–H and O–H groups in total. The van der Waals surface area contributed by atoms with Crippen LogP contribution >= 0.6 is 24.2 Å². The molecule has 1 fully saturated rings. The number of hydrogen-bond donors (Lipinski definition) is 2. The van der Waals surface area contributed by atoms with Crippen molar-refractivity contribution in [3.63, 3.8) is 0 Å². The van der Waals surface area contributed by atoms with Crippen LogP contribution in [0.5, 0.6) is 0 Å². The molecule has 1 unspecified atom stereocenters. The monoisotopic (exact) mass is 310 g/mol. The maximum atomic E-state index is 11.9. The summed E-state index contributed by atoms with van der Waals surface area (Å²) in [6, 6.07) is 0.172. The first-order valence-electron chi connectivity index (χ1n) is 6.78. The van der Waals surface area contributed by atoms with Gasteiger partial charge in [-0.1, -0.05) is 13.8 Å². The summed E-state index contributed by atoms with van der Waals surface area (Å²) in [7, 11) is 0. The Morgan fingerprint density at radius 3 is 2.63 bits per heavy atom. The maximum Gasteiger partial charge on any atom is 0.221 e. The van der Waals surface area contributed by atoms with E-state index in [0.717, 1.165) is 32.5 Å². The lowest BCUT2D eigenvalue weighted by molar-refractivity contribution is -0.122. The molecule has 1 atom stereocenters. The first-order chi connectivity index (χ1) is 8.65. The second-order valence-electron chi connectivity index (χ2n) is 4.80. The normalized spacial score (nSPS) is 19.6. The summed E-state index contributed by atoms with van der Waals surface area (Å²) in [5.74, 6) is 0.123. The molecule has 0 saturated carbocycles. The quantitative estimate of drug-likeness (QED) is 0.753. The van der Waals surface area contributed by atoms with Crippen molar-refractivity contribution in [2.24, 2.45) is 0 Å². The highest BCUT2D eigenvalue weighted by molar-refractivity contribution is 8.00. The van der Waals surface area contributed by atoms with E-state index in [-0.39, 0.29) is 29.1 Å². The molecule has 0 bridgehead atoms. The van der Waals surface area contributed by atoms with Crippen molar-refractivity contribution in [3.8, 4) is 0 Å². The molecule has 4 nitrogen and oxygen atoms in total. The molecule has 1 saturated heterocycles. The van der Waals surface area contributed by atoms with Gasteiger partial charge in [0, 0.05) is 30.3 Å². The molecule has 114 valence electrons. The molecule has 0 aromatic heterocycles. The van der Waals surface area contributed by atoms with Crippen LogP contribution in [0.1, 0.15) is 33.1 Å². The van der Waals surface area contributed by atoms with Gasteiger partial charge in [0.05, 0.1) is 13.2 Å². The zero-order valence-corrected chi connectivity index (χ0v) is 13.8. The summed E-state index contributed by atoms with van der Waals surface area (Å²) in [4.78, 5) is 11.9. The molecular formula is C13H27ClN2O2S. The summed E-state index contributed by atoms with van der Waals surface area (Å²) in [5.41, 5.74) is 0. The first-order valence-corrected chi connectivity index (χ1v) is 8.01. The maximum absolute atomic E-state index is 11.9. The Kier molecular flexibility index (Phi) is 9.87. The third-order valence-corrected chi connectivity index (χ3v) is 5.35. The standard InChI is InChI=1S/C13H26N2O2S.ClH/c1-4-13(5-2,18-3)10-15-12(16)8-11-9-17-7-6-14-11;/h11,14H,4-10H2,1-3H3,(H,15,16);1H. The van der Waals surface area contributed by atoms with Crippen molar-refractivity contribution in [1.82, 2.24) is 10.6 Å². The topological polar surface area (TPSA) is 50.4 Å². The Balaban J connectivity index is 0.00000324. The molecule has 1 rings (SSSR count). The van der Waals surface area contributed by atoms with E-state index in [1.54, 1.807) is 0 Å². The van der Waals surface area contributed by atoms with Crippen LogP contribution in [0.15, 0.2) is 0 Å². The molecule has 0 radical (unpaired) electrons. The summed E-state index contributed by atoms with van der Waals surface area (Å²) in [6.07, 6.45) is 4.79. The highest BCUT2D eigenvalue weighted by Crippen LogP contribution is 2.29. The second kappa shape index (κ2) is 9.86. The van der Waals surface area contributed by atoms with Gasteiger partial charge >= 0.3 is 0 Å². The number of rotatable bonds is 7. The van der Waals surface area contributed by atoms with Crippen LogP contribution in [0, 0.1) is 0 Å². The number of halogens is 1.